The number of ether oxygens (including phenoxy) is 2. The number of hydrogen-bond acceptors (Lipinski definition) is 5. The van der Waals surface area contributed by atoms with E-state index >= 15 is 0 Å². The highest BCUT2D eigenvalue weighted by molar-refractivity contribution is 14.0. The van der Waals surface area contributed by atoms with Crippen molar-refractivity contribution < 1.29 is 9.47 Å². The van der Waals surface area contributed by atoms with E-state index in [9.17, 15) is 0 Å². The van der Waals surface area contributed by atoms with Gasteiger partial charge in [0.1, 0.15) is 0 Å². The fraction of sp³-hybridized carbons (Fsp3) is 0.720. The largest absolute Gasteiger partial charge is 0.381 e. The second kappa shape index (κ2) is 16.5. The summed E-state index contributed by atoms with van der Waals surface area (Å²) in [5.41, 5.74) is 2.70. The van der Waals surface area contributed by atoms with Crippen molar-refractivity contribution in [2.75, 3.05) is 84.2 Å². The maximum atomic E-state index is 5.75. The lowest BCUT2D eigenvalue weighted by Crippen LogP contribution is -2.46. The van der Waals surface area contributed by atoms with Gasteiger partial charge < -0.3 is 25.0 Å². The molecule has 0 bridgehead atoms. The number of nitrogens with zero attached hydrogens (tertiary/aromatic N) is 3. The Kier molecular flexibility index (Phi) is 14.1. The fourth-order valence-electron chi connectivity index (χ4n) is 4.29. The number of rotatable bonds is 12. The lowest BCUT2D eigenvalue weighted by molar-refractivity contribution is 0.0888. The summed E-state index contributed by atoms with van der Waals surface area (Å²) >= 11 is 0. The number of halogens is 1. The summed E-state index contributed by atoms with van der Waals surface area (Å²) in [6.07, 6.45) is 4.50. The van der Waals surface area contributed by atoms with Crippen LogP contribution >= 0.6 is 24.0 Å². The van der Waals surface area contributed by atoms with Crippen LogP contribution in [0.3, 0.4) is 0 Å². The highest BCUT2D eigenvalue weighted by Gasteiger charge is 2.17. The molecule has 0 saturated carbocycles. The minimum atomic E-state index is 0. The first-order valence-corrected chi connectivity index (χ1v) is 12.4. The zero-order chi connectivity index (χ0) is 22.4. The number of benzene rings is 1. The molecule has 2 aliphatic rings. The molecular weight excluding hydrogens is 529 g/mol. The van der Waals surface area contributed by atoms with Crippen molar-refractivity contribution in [2.24, 2.45) is 10.9 Å². The average molecular weight is 574 g/mol. The molecular formula is C25H44IN5O2. The van der Waals surface area contributed by atoms with Gasteiger partial charge in [0, 0.05) is 71.1 Å². The molecule has 0 aliphatic carbocycles. The van der Waals surface area contributed by atoms with Gasteiger partial charge in [0.15, 0.2) is 5.96 Å². The second-order valence-electron chi connectivity index (χ2n) is 8.96. The van der Waals surface area contributed by atoms with E-state index < -0.39 is 0 Å². The Labute approximate surface area is 217 Å². The number of anilines is 1. The van der Waals surface area contributed by atoms with Crippen LogP contribution in [0.2, 0.25) is 0 Å². The smallest absolute Gasteiger partial charge is 0.190 e. The molecule has 7 nitrogen and oxygen atoms in total. The van der Waals surface area contributed by atoms with Gasteiger partial charge in [-0.15, -0.1) is 24.0 Å². The Morgan fingerprint density at radius 2 is 1.91 bits per heavy atom. The van der Waals surface area contributed by atoms with Gasteiger partial charge in [0.05, 0.1) is 13.2 Å². The summed E-state index contributed by atoms with van der Waals surface area (Å²) in [5, 5.41) is 6.81. The van der Waals surface area contributed by atoms with Crippen molar-refractivity contribution in [2.45, 2.75) is 32.6 Å². The van der Waals surface area contributed by atoms with Crippen LogP contribution in [0.1, 0.15) is 31.2 Å². The van der Waals surface area contributed by atoms with Gasteiger partial charge in [-0.3, -0.25) is 9.89 Å². The normalized spacial score (nSPS) is 19.4. The first-order chi connectivity index (χ1) is 15.7. The number of piperazine rings is 1. The molecule has 2 N–H and O–H groups in total. The Balaban J connectivity index is 0.00000385. The predicted molar refractivity (Wildman–Crippen MR) is 148 cm³/mol. The predicted octanol–water partition coefficient (Wildman–Crippen LogP) is 3.12. The molecule has 0 amide bonds. The van der Waals surface area contributed by atoms with Crippen molar-refractivity contribution in [3.05, 3.63) is 29.8 Å². The number of aryl methyl sites for hydroxylation is 1. The van der Waals surface area contributed by atoms with Crippen LogP contribution in [0.15, 0.2) is 29.3 Å². The Morgan fingerprint density at radius 3 is 2.61 bits per heavy atom. The van der Waals surface area contributed by atoms with Gasteiger partial charge in [-0.05, 0) is 56.8 Å². The summed E-state index contributed by atoms with van der Waals surface area (Å²) in [6.45, 7) is 13.1. The van der Waals surface area contributed by atoms with Crippen molar-refractivity contribution >= 4 is 35.6 Å². The molecule has 8 heteroatoms. The Bertz CT molecular complexity index is 677. The molecule has 2 heterocycles. The number of hydrogen-bond donors (Lipinski definition) is 2. The number of guanidine groups is 1. The molecule has 2 aliphatic heterocycles. The number of nitrogens with one attached hydrogen (secondary N) is 2. The maximum absolute atomic E-state index is 5.75. The first-order valence-electron chi connectivity index (χ1n) is 12.4. The molecule has 33 heavy (non-hydrogen) atoms. The number of unbranched alkanes of at least 4 members (excludes halogenated alkanes) is 1. The summed E-state index contributed by atoms with van der Waals surface area (Å²) in [5.74, 6) is 1.48. The van der Waals surface area contributed by atoms with Crippen molar-refractivity contribution in [1.82, 2.24) is 15.5 Å². The summed E-state index contributed by atoms with van der Waals surface area (Å²) in [4.78, 5) is 9.42. The van der Waals surface area contributed by atoms with Crippen molar-refractivity contribution in [1.29, 1.82) is 0 Å². The van der Waals surface area contributed by atoms with E-state index in [1.54, 1.807) is 0 Å². The molecule has 0 aromatic heterocycles. The zero-order valence-electron chi connectivity index (χ0n) is 20.6. The second-order valence-corrected chi connectivity index (χ2v) is 8.96. The third kappa shape index (κ3) is 10.8. The molecule has 1 aromatic rings. The topological polar surface area (TPSA) is 61.4 Å². The molecule has 0 radical (unpaired) electrons. The summed E-state index contributed by atoms with van der Waals surface area (Å²) < 4.78 is 11.1. The summed E-state index contributed by atoms with van der Waals surface area (Å²) in [6, 6.07) is 8.85. The third-order valence-corrected chi connectivity index (χ3v) is 6.29. The standard InChI is InChI=1S/C25H43N5O2.HI/c1-22-7-5-8-24(19-22)30-15-13-29(14-16-30)12-4-3-10-27-25(26-2)28-11-6-17-31-20-23-9-18-32-21-23;/h5,7-8,19,23H,3-4,6,9-18,20-21H2,1-2H3,(H2,26,27,28);1H. The lowest BCUT2D eigenvalue weighted by atomic mass is 10.1. The SMILES string of the molecule is CN=C(NCCCCN1CCN(c2cccc(C)c2)CC1)NCCCOCC1CCOC1.I. The van der Waals surface area contributed by atoms with Crippen LogP contribution in [-0.2, 0) is 9.47 Å². The molecule has 2 saturated heterocycles. The van der Waals surface area contributed by atoms with Crippen LogP contribution in [0.25, 0.3) is 0 Å². The van der Waals surface area contributed by atoms with Crippen molar-refractivity contribution in [3.8, 4) is 0 Å². The van der Waals surface area contributed by atoms with Gasteiger partial charge in [0.2, 0.25) is 0 Å². The monoisotopic (exact) mass is 573 g/mol. The molecule has 3 rings (SSSR count). The van der Waals surface area contributed by atoms with E-state index in [1.165, 1.54) is 24.2 Å². The molecule has 1 atom stereocenters. The van der Waals surface area contributed by atoms with Crippen LogP contribution in [0.5, 0.6) is 0 Å². The molecule has 1 aromatic carbocycles. The highest BCUT2D eigenvalue weighted by atomic mass is 127. The van der Waals surface area contributed by atoms with E-state index in [1.807, 2.05) is 7.05 Å². The minimum absolute atomic E-state index is 0. The average Bonchev–Trinajstić information content (AvgIpc) is 3.33. The van der Waals surface area contributed by atoms with Crippen LogP contribution in [0.4, 0.5) is 5.69 Å². The molecule has 2 fully saturated rings. The van der Waals surface area contributed by atoms with E-state index in [2.05, 4.69) is 56.6 Å². The fourth-order valence-corrected chi connectivity index (χ4v) is 4.29. The maximum Gasteiger partial charge on any atom is 0.190 e. The molecule has 188 valence electrons. The summed E-state index contributed by atoms with van der Waals surface area (Å²) in [7, 11) is 1.83. The lowest BCUT2D eigenvalue weighted by Gasteiger charge is -2.36. The number of aliphatic imine (C=N–C) groups is 1. The highest BCUT2D eigenvalue weighted by Crippen LogP contribution is 2.18. The van der Waals surface area contributed by atoms with Crippen molar-refractivity contribution in [3.63, 3.8) is 0 Å². The van der Waals surface area contributed by atoms with Crippen LogP contribution in [0, 0.1) is 12.8 Å². The van der Waals surface area contributed by atoms with Gasteiger partial charge in [-0.25, -0.2) is 0 Å². The van der Waals surface area contributed by atoms with E-state index in [0.717, 1.165) is 90.9 Å². The molecule has 1 unspecified atom stereocenters. The first kappa shape index (κ1) is 28.1. The minimum Gasteiger partial charge on any atom is -0.381 e. The van der Waals surface area contributed by atoms with Gasteiger partial charge in [-0.1, -0.05) is 12.1 Å². The molecule has 0 spiro atoms. The zero-order valence-corrected chi connectivity index (χ0v) is 22.9. The van der Waals surface area contributed by atoms with E-state index in [0.29, 0.717) is 5.92 Å². The third-order valence-electron chi connectivity index (χ3n) is 6.29. The van der Waals surface area contributed by atoms with E-state index in [-0.39, 0.29) is 24.0 Å². The van der Waals surface area contributed by atoms with E-state index in [4.69, 9.17) is 9.47 Å². The Hall–Kier alpha value is -1.10. The van der Waals surface area contributed by atoms with Gasteiger partial charge in [-0.2, -0.15) is 0 Å². The van der Waals surface area contributed by atoms with Gasteiger partial charge in [0.25, 0.3) is 0 Å². The van der Waals surface area contributed by atoms with Gasteiger partial charge >= 0.3 is 0 Å². The van der Waals surface area contributed by atoms with Crippen LogP contribution < -0.4 is 15.5 Å². The van der Waals surface area contributed by atoms with Crippen LogP contribution in [-0.4, -0.2) is 90.1 Å². The Morgan fingerprint density at radius 1 is 1.12 bits per heavy atom. The quantitative estimate of drug-likeness (QED) is 0.174.